The monoisotopic (exact) mass is 550 g/mol. The molecule has 0 aliphatic carbocycles. The molecule has 39 heavy (non-hydrogen) atoms. The lowest BCUT2D eigenvalue weighted by molar-refractivity contribution is -0.140. The Hall–Kier alpha value is -3.69. The maximum absolute atomic E-state index is 14.1. The summed E-state index contributed by atoms with van der Waals surface area (Å²) >= 11 is 0. The Labute approximate surface area is 232 Å². The Balaban J connectivity index is 2.06. The lowest BCUT2D eigenvalue weighted by Gasteiger charge is -2.34. The van der Waals surface area contributed by atoms with Crippen molar-refractivity contribution in [3.63, 3.8) is 0 Å². The fourth-order valence-corrected chi connectivity index (χ4v) is 5.14. The lowest BCUT2D eigenvalue weighted by atomic mass is 10.0. The lowest BCUT2D eigenvalue weighted by Crippen LogP contribution is -2.55. The van der Waals surface area contributed by atoms with Crippen molar-refractivity contribution in [2.24, 2.45) is 0 Å². The van der Waals surface area contributed by atoms with Gasteiger partial charge in [0.1, 0.15) is 12.6 Å². The fourth-order valence-electron chi connectivity index (χ4n) is 4.09. The van der Waals surface area contributed by atoms with Crippen LogP contribution in [0.5, 0.6) is 0 Å². The first-order valence-corrected chi connectivity index (χ1v) is 14.5. The van der Waals surface area contributed by atoms with Crippen LogP contribution in [0, 0.1) is 0 Å². The second kappa shape index (κ2) is 13.9. The molecule has 8 nitrogen and oxygen atoms in total. The highest BCUT2D eigenvalue weighted by Gasteiger charge is 2.34. The summed E-state index contributed by atoms with van der Waals surface area (Å²) in [5, 5.41) is 3.03. The van der Waals surface area contributed by atoms with Gasteiger partial charge in [0, 0.05) is 33.1 Å². The van der Waals surface area contributed by atoms with E-state index in [0.29, 0.717) is 5.69 Å². The van der Waals surface area contributed by atoms with Gasteiger partial charge in [0.2, 0.25) is 11.8 Å². The topological polar surface area (TPSA) is 90.0 Å². The molecule has 9 heteroatoms. The van der Waals surface area contributed by atoms with E-state index in [1.54, 1.807) is 30.3 Å². The average Bonchev–Trinajstić information content (AvgIpc) is 2.94. The van der Waals surface area contributed by atoms with E-state index in [1.807, 2.05) is 74.5 Å². The standard InChI is InChI=1S/C30H38N4O4S/c1-5-24(2)31-30(36)28(21-25-15-9-6-10-16-25)33(22-26-17-11-7-12-18-26)29(35)23-34(39(37,38)32(3)4)27-19-13-8-14-20-27/h6-20,24,28H,5,21-23H2,1-4H3,(H,31,36)/t24-,28+/m0/s1. The van der Waals surface area contributed by atoms with Crippen molar-refractivity contribution in [1.82, 2.24) is 14.5 Å². The Morgan fingerprint density at radius 1 is 0.821 bits per heavy atom. The van der Waals surface area contributed by atoms with Gasteiger partial charge in [0.15, 0.2) is 0 Å². The third kappa shape index (κ3) is 8.15. The first kappa shape index (κ1) is 29.9. The van der Waals surface area contributed by atoms with E-state index < -0.39 is 28.7 Å². The molecule has 0 aromatic heterocycles. The molecule has 0 bridgehead atoms. The van der Waals surface area contributed by atoms with Crippen molar-refractivity contribution >= 4 is 27.7 Å². The van der Waals surface area contributed by atoms with Crippen molar-refractivity contribution < 1.29 is 18.0 Å². The third-order valence-corrected chi connectivity index (χ3v) is 8.35. The molecule has 208 valence electrons. The molecule has 0 spiro atoms. The molecule has 0 radical (unpaired) electrons. The quantitative estimate of drug-likeness (QED) is 0.350. The highest BCUT2D eigenvalue weighted by Crippen LogP contribution is 2.21. The molecule has 3 aromatic carbocycles. The van der Waals surface area contributed by atoms with E-state index in [0.717, 1.165) is 26.2 Å². The van der Waals surface area contributed by atoms with Gasteiger partial charge in [0.25, 0.3) is 0 Å². The molecule has 1 N–H and O–H groups in total. The molecule has 0 unspecified atom stereocenters. The largest absolute Gasteiger partial charge is 0.352 e. The minimum Gasteiger partial charge on any atom is -0.352 e. The van der Waals surface area contributed by atoms with Crippen molar-refractivity contribution in [3.05, 3.63) is 102 Å². The molecule has 2 atom stereocenters. The van der Waals surface area contributed by atoms with E-state index in [9.17, 15) is 18.0 Å². The minimum absolute atomic E-state index is 0.0839. The fraction of sp³-hybridized carbons (Fsp3) is 0.333. The highest BCUT2D eigenvalue weighted by atomic mass is 32.2. The summed E-state index contributed by atoms with van der Waals surface area (Å²) in [5.74, 6) is -0.757. The van der Waals surface area contributed by atoms with Crippen LogP contribution in [0.1, 0.15) is 31.4 Å². The van der Waals surface area contributed by atoms with Gasteiger partial charge >= 0.3 is 10.2 Å². The summed E-state index contributed by atoms with van der Waals surface area (Å²) in [6.07, 6.45) is 1.02. The van der Waals surface area contributed by atoms with Gasteiger partial charge in [-0.05, 0) is 36.6 Å². The van der Waals surface area contributed by atoms with Gasteiger partial charge < -0.3 is 10.2 Å². The van der Waals surface area contributed by atoms with Crippen LogP contribution < -0.4 is 9.62 Å². The van der Waals surface area contributed by atoms with Crippen molar-refractivity contribution in [2.45, 2.75) is 45.3 Å². The van der Waals surface area contributed by atoms with Gasteiger partial charge in [-0.2, -0.15) is 12.7 Å². The number of carbonyl (C=O) groups is 2. The number of benzene rings is 3. The van der Waals surface area contributed by atoms with Crippen LogP contribution in [0.3, 0.4) is 0 Å². The zero-order valence-corrected chi connectivity index (χ0v) is 23.8. The van der Waals surface area contributed by atoms with Crippen LogP contribution in [0.25, 0.3) is 0 Å². The summed E-state index contributed by atoms with van der Waals surface area (Å²) < 4.78 is 28.8. The van der Waals surface area contributed by atoms with E-state index in [-0.39, 0.29) is 24.9 Å². The van der Waals surface area contributed by atoms with Crippen LogP contribution in [-0.2, 0) is 32.8 Å². The number of rotatable bonds is 13. The molecular weight excluding hydrogens is 512 g/mol. The van der Waals surface area contributed by atoms with Gasteiger partial charge in [-0.25, -0.2) is 4.31 Å². The van der Waals surface area contributed by atoms with Crippen LogP contribution in [0.2, 0.25) is 0 Å². The Morgan fingerprint density at radius 2 is 1.33 bits per heavy atom. The Kier molecular flexibility index (Phi) is 10.7. The highest BCUT2D eigenvalue weighted by molar-refractivity contribution is 7.90. The van der Waals surface area contributed by atoms with Crippen molar-refractivity contribution in [3.8, 4) is 0 Å². The Bertz CT molecular complexity index is 1300. The number of hydrogen-bond acceptors (Lipinski definition) is 4. The molecular formula is C30H38N4O4S. The van der Waals surface area contributed by atoms with E-state index in [2.05, 4.69) is 5.32 Å². The predicted octanol–water partition coefficient (Wildman–Crippen LogP) is 3.85. The minimum atomic E-state index is -4.00. The summed E-state index contributed by atoms with van der Waals surface area (Å²) in [4.78, 5) is 29.3. The molecule has 0 aliphatic rings. The molecule has 0 saturated carbocycles. The smallest absolute Gasteiger partial charge is 0.304 e. The first-order chi connectivity index (χ1) is 18.6. The van der Waals surface area contributed by atoms with Crippen molar-refractivity contribution in [2.75, 3.05) is 24.9 Å². The third-order valence-electron chi connectivity index (χ3n) is 6.53. The first-order valence-electron chi connectivity index (χ1n) is 13.1. The maximum Gasteiger partial charge on any atom is 0.304 e. The van der Waals surface area contributed by atoms with Crippen LogP contribution >= 0.6 is 0 Å². The molecule has 0 aliphatic heterocycles. The number of anilines is 1. The van der Waals surface area contributed by atoms with Crippen LogP contribution in [0.4, 0.5) is 5.69 Å². The van der Waals surface area contributed by atoms with E-state index >= 15 is 0 Å². The summed E-state index contributed by atoms with van der Waals surface area (Å²) in [7, 11) is -1.15. The number of amides is 2. The molecule has 0 heterocycles. The van der Waals surface area contributed by atoms with E-state index in [1.165, 1.54) is 19.0 Å². The Morgan fingerprint density at radius 3 is 1.85 bits per heavy atom. The number of carbonyl (C=O) groups excluding carboxylic acids is 2. The van der Waals surface area contributed by atoms with Gasteiger partial charge in [0.05, 0.1) is 5.69 Å². The molecule has 3 rings (SSSR count). The zero-order valence-electron chi connectivity index (χ0n) is 23.0. The summed E-state index contributed by atoms with van der Waals surface area (Å²) in [6, 6.07) is 26.5. The molecule has 0 fully saturated rings. The maximum atomic E-state index is 14.1. The predicted molar refractivity (Wildman–Crippen MR) is 155 cm³/mol. The summed E-state index contributed by atoms with van der Waals surface area (Å²) in [5.41, 5.74) is 2.10. The van der Waals surface area contributed by atoms with Crippen LogP contribution in [-0.4, -0.2) is 62.2 Å². The van der Waals surface area contributed by atoms with Crippen molar-refractivity contribution in [1.29, 1.82) is 0 Å². The molecule has 3 aromatic rings. The number of nitrogens with one attached hydrogen (secondary N) is 1. The molecule has 2 amide bonds. The number of hydrogen-bond donors (Lipinski definition) is 1. The van der Waals surface area contributed by atoms with E-state index in [4.69, 9.17) is 0 Å². The second-order valence-electron chi connectivity index (χ2n) is 9.66. The second-order valence-corrected chi connectivity index (χ2v) is 11.7. The van der Waals surface area contributed by atoms with Gasteiger partial charge in [-0.1, -0.05) is 85.8 Å². The number of para-hydroxylation sites is 1. The van der Waals surface area contributed by atoms with Gasteiger partial charge in [-0.15, -0.1) is 0 Å². The summed E-state index contributed by atoms with van der Waals surface area (Å²) in [6.45, 7) is 3.59. The van der Waals surface area contributed by atoms with Gasteiger partial charge in [-0.3, -0.25) is 9.59 Å². The normalized spacial score (nSPS) is 12.9. The number of nitrogens with zero attached hydrogens (tertiary/aromatic N) is 3. The van der Waals surface area contributed by atoms with Crippen LogP contribution in [0.15, 0.2) is 91.0 Å². The average molecular weight is 551 g/mol. The molecule has 0 saturated heterocycles. The zero-order chi connectivity index (χ0) is 28.4. The SMILES string of the molecule is CC[C@H](C)NC(=O)[C@@H](Cc1ccccc1)N(Cc1ccccc1)C(=O)CN(c1ccccc1)S(=O)(=O)N(C)C.